The highest BCUT2D eigenvalue weighted by molar-refractivity contribution is 6.30. The van der Waals surface area contributed by atoms with Crippen molar-refractivity contribution < 1.29 is 9.90 Å². The lowest BCUT2D eigenvalue weighted by molar-refractivity contribution is -0.129. The van der Waals surface area contributed by atoms with Crippen LogP contribution in [0.1, 0.15) is 17.2 Å². The molecule has 2 aromatic rings. The van der Waals surface area contributed by atoms with Gasteiger partial charge in [-0.25, -0.2) is 4.98 Å². The molecule has 0 radical (unpaired) electrons. The molecular weight excluding hydrogens is 302 g/mol. The van der Waals surface area contributed by atoms with Gasteiger partial charge in [-0.3, -0.25) is 4.79 Å². The summed E-state index contributed by atoms with van der Waals surface area (Å²) in [4.78, 5) is 18.2. The number of anilines is 1. The summed E-state index contributed by atoms with van der Waals surface area (Å²) in [6.07, 6.45) is 0.472. The zero-order valence-electron chi connectivity index (χ0n) is 12.5. The number of rotatable bonds is 5. The van der Waals surface area contributed by atoms with Gasteiger partial charge >= 0.3 is 0 Å². The van der Waals surface area contributed by atoms with Crippen molar-refractivity contribution in [3.8, 4) is 0 Å². The number of aromatic nitrogens is 1. The Bertz CT molecular complexity index is 644. The van der Waals surface area contributed by atoms with E-state index in [0.717, 1.165) is 11.4 Å². The van der Waals surface area contributed by atoms with E-state index in [-0.39, 0.29) is 0 Å². The Morgan fingerprint density at radius 2 is 2.00 bits per heavy atom. The molecule has 22 heavy (non-hydrogen) atoms. The lowest BCUT2D eigenvalue weighted by Crippen LogP contribution is -2.29. The smallest absolute Gasteiger partial charge is 0.253 e. The summed E-state index contributed by atoms with van der Waals surface area (Å²) < 4.78 is 0. The highest BCUT2D eigenvalue weighted by Crippen LogP contribution is 2.18. The fourth-order valence-corrected chi connectivity index (χ4v) is 2.17. The number of aliphatic hydroxyl groups is 1. The van der Waals surface area contributed by atoms with Crippen molar-refractivity contribution in [1.29, 1.82) is 0 Å². The number of benzene rings is 1. The monoisotopic (exact) mass is 319 g/mol. The van der Waals surface area contributed by atoms with Crippen molar-refractivity contribution in [3.05, 3.63) is 58.7 Å². The Labute approximate surface area is 134 Å². The molecule has 0 aliphatic carbocycles. The van der Waals surface area contributed by atoms with Crippen LogP contribution in [0.4, 0.5) is 5.82 Å². The minimum atomic E-state index is -1.23. The van der Waals surface area contributed by atoms with Crippen LogP contribution in [0.3, 0.4) is 0 Å². The van der Waals surface area contributed by atoms with Crippen molar-refractivity contribution in [2.24, 2.45) is 0 Å². The van der Waals surface area contributed by atoms with Gasteiger partial charge in [0.25, 0.3) is 5.91 Å². The molecule has 1 amide bonds. The quantitative estimate of drug-likeness (QED) is 0.886. The number of carbonyl (C=O) groups excluding carboxylic acids is 1. The fraction of sp³-hybridized carbons (Fsp3) is 0.250. The first kappa shape index (κ1) is 16.3. The predicted octanol–water partition coefficient (Wildman–Crippen LogP) is 2.15. The van der Waals surface area contributed by atoms with Crippen LogP contribution >= 0.6 is 11.6 Å². The van der Waals surface area contributed by atoms with Gasteiger partial charge in [-0.05, 0) is 23.8 Å². The van der Waals surface area contributed by atoms with E-state index in [2.05, 4.69) is 10.3 Å². The summed E-state index contributed by atoms with van der Waals surface area (Å²) >= 11 is 5.79. The molecule has 5 nitrogen and oxygen atoms in total. The minimum absolute atomic E-state index is 0.296. The van der Waals surface area contributed by atoms with E-state index in [1.165, 1.54) is 0 Å². The predicted molar refractivity (Wildman–Crippen MR) is 86.8 cm³/mol. The van der Waals surface area contributed by atoms with E-state index in [9.17, 15) is 9.90 Å². The van der Waals surface area contributed by atoms with Crippen molar-refractivity contribution >= 4 is 23.3 Å². The van der Waals surface area contributed by atoms with E-state index in [1.54, 1.807) is 30.5 Å². The molecule has 2 rings (SSSR count). The summed E-state index contributed by atoms with van der Waals surface area (Å²) in [7, 11) is 3.77. The Morgan fingerprint density at radius 1 is 1.32 bits per heavy atom. The number of hydrogen-bond acceptors (Lipinski definition) is 4. The second-order valence-electron chi connectivity index (χ2n) is 5.05. The first-order chi connectivity index (χ1) is 10.5. The molecule has 1 atom stereocenters. The third kappa shape index (κ3) is 3.96. The molecule has 0 fully saturated rings. The number of nitrogens with zero attached hydrogens (tertiary/aromatic N) is 2. The molecule has 0 bridgehead atoms. The summed E-state index contributed by atoms with van der Waals surface area (Å²) in [6.45, 7) is 0.296. The topological polar surface area (TPSA) is 65.5 Å². The first-order valence-electron chi connectivity index (χ1n) is 6.81. The second kappa shape index (κ2) is 7.24. The molecule has 0 aliphatic rings. The molecule has 0 saturated carbocycles. The van der Waals surface area contributed by atoms with Crippen LogP contribution in [0.2, 0.25) is 5.02 Å². The molecule has 0 saturated heterocycles. The first-order valence-corrected chi connectivity index (χ1v) is 7.19. The summed E-state index contributed by atoms with van der Waals surface area (Å²) in [6, 6.07) is 10.2. The van der Waals surface area contributed by atoms with E-state index >= 15 is 0 Å². The average Bonchev–Trinajstić information content (AvgIpc) is 2.52. The van der Waals surface area contributed by atoms with Gasteiger partial charge in [0.15, 0.2) is 6.10 Å². The van der Waals surface area contributed by atoms with Crippen LogP contribution < -0.4 is 10.2 Å². The Kier molecular flexibility index (Phi) is 5.35. The van der Waals surface area contributed by atoms with Gasteiger partial charge < -0.3 is 15.3 Å². The van der Waals surface area contributed by atoms with Crippen LogP contribution in [0.25, 0.3) is 0 Å². The lowest BCUT2D eigenvalue weighted by Gasteiger charge is -2.17. The number of nitrogens with one attached hydrogen (secondary N) is 1. The zero-order valence-corrected chi connectivity index (χ0v) is 13.2. The van der Waals surface area contributed by atoms with Gasteiger partial charge in [-0.2, -0.15) is 0 Å². The number of amides is 1. The third-order valence-electron chi connectivity index (χ3n) is 3.18. The molecule has 1 aromatic heterocycles. The molecule has 6 heteroatoms. The molecule has 2 N–H and O–H groups in total. The van der Waals surface area contributed by atoms with Crippen LogP contribution in [0.15, 0.2) is 42.6 Å². The fourth-order valence-electron chi connectivity index (χ4n) is 2.05. The van der Waals surface area contributed by atoms with Gasteiger partial charge in [-0.1, -0.05) is 29.8 Å². The molecule has 116 valence electrons. The summed E-state index contributed by atoms with van der Waals surface area (Å²) in [5, 5.41) is 13.3. The average molecular weight is 320 g/mol. The zero-order chi connectivity index (χ0) is 16.1. The standard InChI is InChI=1S/C16H18ClN3O2/c1-20(2)15-12(4-3-9-18-15)10-19-16(22)14(21)11-5-7-13(17)8-6-11/h3-9,14,21H,10H2,1-2H3,(H,19,22)/t14-/m1/s1. The van der Waals surface area contributed by atoms with E-state index in [4.69, 9.17) is 11.6 Å². The normalized spacial score (nSPS) is 11.8. The third-order valence-corrected chi connectivity index (χ3v) is 3.43. The van der Waals surface area contributed by atoms with Gasteiger partial charge in [0, 0.05) is 37.4 Å². The van der Waals surface area contributed by atoms with Crippen molar-refractivity contribution in [1.82, 2.24) is 10.3 Å². The van der Waals surface area contributed by atoms with Gasteiger partial charge in [0.05, 0.1) is 0 Å². The molecule has 0 spiro atoms. The maximum atomic E-state index is 12.1. The maximum absolute atomic E-state index is 12.1. The van der Waals surface area contributed by atoms with Crippen LogP contribution in [0, 0.1) is 0 Å². The number of halogens is 1. The Morgan fingerprint density at radius 3 is 2.64 bits per heavy atom. The number of hydrogen-bond donors (Lipinski definition) is 2. The van der Waals surface area contributed by atoms with Crippen LogP contribution in [0.5, 0.6) is 0 Å². The Hall–Kier alpha value is -2.11. The molecule has 0 unspecified atom stereocenters. The number of pyridine rings is 1. The van der Waals surface area contributed by atoms with Gasteiger partial charge in [0.2, 0.25) is 0 Å². The molecule has 0 aliphatic heterocycles. The van der Waals surface area contributed by atoms with Gasteiger partial charge in [0.1, 0.15) is 5.82 Å². The number of carbonyl (C=O) groups is 1. The maximum Gasteiger partial charge on any atom is 0.253 e. The molecule has 1 aromatic carbocycles. The summed E-state index contributed by atoms with van der Waals surface area (Å²) in [5.74, 6) is 0.319. The van der Waals surface area contributed by atoms with Crippen molar-refractivity contribution in [2.45, 2.75) is 12.6 Å². The minimum Gasteiger partial charge on any atom is -0.378 e. The van der Waals surface area contributed by atoms with Crippen molar-refractivity contribution in [3.63, 3.8) is 0 Å². The van der Waals surface area contributed by atoms with E-state index in [1.807, 2.05) is 31.1 Å². The number of aliphatic hydroxyl groups excluding tert-OH is 1. The summed E-state index contributed by atoms with van der Waals surface area (Å²) in [5.41, 5.74) is 1.38. The highest BCUT2D eigenvalue weighted by atomic mass is 35.5. The van der Waals surface area contributed by atoms with Gasteiger partial charge in [-0.15, -0.1) is 0 Å². The SMILES string of the molecule is CN(C)c1ncccc1CNC(=O)[C@H](O)c1ccc(Cl)cc1. The van der Waals surface area contributed by atoms with E-state index < -0.39 is 12.0 Å². The van der Waals surface area contributed by atoms with Crippen LogP contribution in [-0.4, -0.2) is 30.1 Å². The Balaban J connectivity index is 2.02. The van der Waals surface area contributed by atoms with E-state index in [0.29, 0.717) is 17.1 Å². The second-order valence-corrected chi connectivity index (χ2v) is 5.49. The highest BCUT2D eigenvalue weighted by Gasteiger charge is 2.17. The largest absolute Gasteiger partial charge is 0.378 e. The lowest BCUT2D eigenvalue weighted by atomic mass is 10.1. The molecular formula is C16H18ClN3O2. The molecule has 1 heterocycles. The van der Waals surface area contributed by atoms with Crippen molar-refractivity contribution in [2.75, 3.05) is 19.0 Å². The van der Waals surface area contributed by atoms with Crippen LogP contribution in [-0.2, 0) is 11.3 Å².